The number of aromatic nitrogens is 1. The molecule has 0 saturated carbocycles. The van der Waals surface area contributed by atoms with Gasteiger partial charge >= 0.3 is 0 Å². The monoisotopic (exact) mass is 460 g/mol. The Hall–Kier alpha value is -2.19. The van der Waals surface area contributed by atoms with Crippen LogP contribution in [0.2, 0.25) is 0 Å². The maximum absolute atomic E-state index is 5.75. The van der Waals surface area contributed by atoms with Crippen molar-refractivity contribution in [3.8, 4) is 5.75 Å². The Labute approximate surface area is 180 Å². The van der Waals surface area contributed by atoms with Gasteiger partial charge in [0, 0.05) is 57.1 Å². The summed E-state index contributed by atoms with van der Waals surface area (Å²) in [5.74, 6) is 1.82. The van der Waals surface area contributed by atoms with Crippen molar-refractivity contribution in [3.63, 3.8) is 0 Å². The number of nitrogens with zero attached hydrogens (tertiary/aromatic N) is 3. The molecule has 3 heterocycles. The highest BCUT2D eigenvalue weighted by atomic mass is 79.9. The predicted molar refractivity (Wildman–Crippen MR) is 123 cm³/mol. The number of anilines is 2. The largest absolute Gasteiger partial charge is 0.496 e. The Bertz CT molecular complexity index is 887. The second-order valence-electron chi connectivity index (χ2n) is 7.54. The molecule has 1 unspecified atom stereocenters. The number of piperazine rings is 1. The average molecular weight is 461 g/mol. The number of likely N-dealkylation sites (N-methyl/N-ethyl adjacent to an activating group) is 1. The maximum atomic E-state index is 5.75. The molecule has 2 aliphatic heterocycles. The highest BCUT2D eigenvalue weighted by Gasteiger charge is 2.26. The Balaban J connectivity index is 1.53. The molecule has 156 valence electrons. The topological polar surface area (TPSA) is 67.9 Å². The summed E-state index contributed by atoms with van der Waals surface area (Å²) in [7, 11) is 3.93. The Morgan fingerprint density at radius 1 is 1.21 bits per heavy atom. The molecular formula is C21H29BrN6O. The van der Waals surface area contributed by atoms with Gasteiger partial charge in [-0.1, -0.05) is 6.07 Å². The normalized spacial score (nSPS) is 20.9. The zero-order valence-corrected chi connectivity index (χ0v) is 18.8. The molecule has 8 heteroatoms. The van der Waals surface area contributed by atoms with Gasteiger partial charge in [0.15, 0.2) is 0 Å². The summed E-state index contributed by atoms with van der Waals surface area (Å²) < 4.78 is 6.77. The van der Waals surface area contributed by atoms with E-state index in [2.05, 4.69) is 71.6 Å². The highest BCUT2D eigenvalue weighted by Crippen LogP contribution is 2.32. The van der Waals surface area contributed by atoms with Gasteiger partial charge in [0.1, 0.15) is 23.4 Å². The van der Waals surface area contributed by atoms with Crippen LogP contribution in [0, 0.1) is 0 Å². The van der Waals surface area contributed by atoms with Crippen molar-refractivity contribution in [1.82, 2.24) is 15.2 Å². The average Bonchev–Trinajstić information content (AvgIpc) is 3.10. The summed E-state index contributed by atoms with van der Waals surface area (Å²) >= 11 is 3.62. The summed E-state index contributed by atoms with van der Waals surface area (Å²) in [5, 5.41) is 7.10. The first-order valence-electron chi connectivity index (χ1n) is 10.1. The second-order valence-corrected chi connectivity index (χ2v) is 8.40. The number of aliphatic imine (C=N–C) groups is 1. The number of benzene rings is 1. The van der Waals surface area contributed by atoms with Crippen molar-refractivity contribution >= 4 is 33.1 Å². The number of H-pyrrole nitrogens is 1. The molecule has 7 nitrogen and oxygen atoms in total. The molecule has 1 fully saturated rings. The number of halogens is 1. The SMILES string of the molecule is CCN=C1NC(Cc2ccc(N3CCN(C)CC3)cc2OC)Nc2c(Br)c[nH]c21. The molecule has 1 saturated heterocycles. The van der Waals surface area contributed by atoms with Crippen molar-refractivity contribution in [3.05, 3.63) is 40.1 Å². The van der Waals surface area contributed by atoms with Gasteiger partial charge in [-0.2, -0.15) is 0 Å². The van der Waals surface area contributed by atoms with Crippen LogP contribution in [0.25, 0.3) is 0 Å². The number of fused-ring (bicyclic) bond motifs is 1. The van der Waals surface area contributed by atoms with E-state index in [9.17, 15) is 0 Å². The van der Waals surface area contributed by atoms with E-state index < -0.39 is 0 Å². The smallest absolute Gasteiger partial charge is 0.148 e. The summed E-state index contributed by atoms with van der Waals surface area (Å²) in [6, 6.07) is 6.57. The van der Waals surface area contributed by atoms with Crippen molar-refractivity contribution in [2.24, 2.45) is 4.99 Å². The van der Waals surface area contributed by atoms with Gasteiger partial charge in [-0.3, -0.25) is 4.99 Å². The zero-order chi connectivity index (χ0) is 20.4. The van der Waals surface area contributed by atoms with Gasteiger partial charge < -0.3 is 30.2 Å². The van der Waals surface area contributed by atoms with Crippen LogP contribution in [0.1, 0.15) is 18.2 Å². The summed E-state index contributed by atoms with van der Waals surface area (Å²) in [6.45, 7) is 7.05. The van der Waals surface area contributed by atoms with E-state index in [-0.39, 0.29) is 6.17 Å². The van der Waals surface area contributed by atoms with Crippen LogP contribution in [0.3, 0.4) is 0 Å². The molecule has 4 rings (SSSR count). The second kappa shape index (κ2) is 8.67. The third kappa shape index (κ3) is 4.23. The van der Waals surface area contributed by atoms with Crippen LogP contribution < -0.4 is 20.3 Å². The lowest BCUT2D eigenvalue weighted by molar-refractivity contribution is 0.312. The standard InChI is InChI=1S/C21H29BrN6O/c1-4-23-21-20-19(16(22)13-24-20)25-18(26-21)11-14-5-6-15(12-17(14)29-3)28-9-7-27(2)8-10-28/h5-6,12-13,18,24-25H,4,7-11H2,1-3H3,(H,23,26). The Morgan fingerprint density at radius 2 is 2.00 bits per heavy atom. The van der Waals surface area contributed by atoms with Crippen LogP contribution in [-0.2, 0) is 6.42 Å². The fraction of sp³-hybridized carbons (Fsp3) is 0.476. The summed E-state index contributed by atoms with van der Waals surface area (Å²) in [4.78, 5) is 12.7. The molecule has 1 aromatic carbocycles. The van der Waals surface area contributed by atoms with Crippen LogP contribution in [0.5, 0.6) is 5.75 Å². The van der Waals surface area contributed by atoms with Gasteiger partial charge in [-0.15, -0.1) is 0 Å². The number of ether oxygens (including phenoxy) is 1. The van der Waals surface area contributed by atoms with Gasteiger partial charge in [0.25, 0.3) is 0 Å². The minimum absolute atomic E-state index is 0.0308. The first-order valence-corrected chi connectivity index (χ1v) is 10.9. The Morgan fingerprint density at radius 3 is 2.72 bits per heavy atom. The summed E-state index contributed by atoms with van der Waals surface area (Å²) in [6.07, 6.45) is 2.76. The minimum Gasteiger partial charge on any atom is -0.496 e. The van der Waals surface area contributed by atoms with Crippen LogP contribution in [0.4, 0.5) is 11.4 Å². The number of nitrogens with one attached hydrogen (secondary N) is 3. The fourth-order valence-corrected chi connectivity index (χ4v) is 4.37. The van der Waals surface area contributed by atoms with E-state index in [1.54, 1.807) is 7.11 Å². The molecule has 0 bridgehead atoms. The molecular weight excluding hydrogens is 432 g/mol. The van der Waals surface area contributed by atoms with Gasteiger partial charge in [-0.25, -0.2) is 0 Å². The third-order valence-corrected chi connectivity index (χ3v) is 6.20. The van der Waals surface area contributed by atoms with Crippen LogP contribution in [-0.4, -0.2) is 68.8 Å². The Kier molecular flexibility index (Phi) is 6.01. The quantitative estimate of drug-likeness (QED) is 0.639. The van der Waals surface area contributed by atoms with E-state index in [1.165, 1.54) is 11.3 Å². The molecule has 1 aromatic heterocycles. The van der Waals surface area contributed by atoms with Crippen molar-refractivity contribution < 1.29 is 4.74 Å². The molecule has 2 aromatic rings. The predicted octanol–water partition coefficient (Wildman–Crippen LogP) is 2.89. The van der Waals surface area contributed by atoms with Crippen LogP contribution in [0.15, 0.2) is 33.9 Å². The number of hydrogen-bond acceptors (Lipinski definition) is 5. The molecule has 0 radical (unpaired) electrons. The number of methoxy groups -OCH3 is 1. The van der Waals surface area contributed by atoms with E-state index in [0.29, 0.717) is 0 Å². The molecule has 2 aliphatic rings. The van der Waals surface area contributed by atoms with E-state index in [4.69, 9.17) is 4.74 Å². The number of amidine groups is 1. The van der Waals surface area contributed by atoms with Crippen LogP contribution >= 0.6 is 15.9 Å². The first-order chi connectivity index (χ1) is 14.1. The maximum Gasteiger partial charge on any atom is 0.148 e. The van der Waals surface area contributed by atoms with E-state index in [0.717, 1.165) is 66.6 Å². The number of rotatable bonds is 5. The molecule has 0 spiro atoms. The minimum atomic E-state index is 0.0308. The van der Waals surface area contributed by atoms with Crippen molar-refractivity contribution in [2.45, 2.75) is 19.5 Å². The van der Waals surface area contributed by atoms with E-state index in [1.807, 2.05) is 13.1 Å². The molecule has 29 heavy (non-hydrogen) atoms. The molecule has 0 amide bonds. The number of aromatic amines is 1. The van der Waals surface area contributed by atoms with Crippen molar-refractivity contribution in [1.29, 1.82) is 0 Å². The first kappa shape index (κ1) is 20.1. The highest BCUT2D eigenvalue weighted by molar-refractivity contribution is 9.10. The summed E-state index contributed by atoms with van der Waals surface area (Å²) in [5.41, 5.74) is 4.44. The van der Waals surface area contributed by atoms with Gasteiger partial charge in [0.2, 0.25) is 0 Å². The molecule has 3 N–H and O–H groups in total. The van der Waals surface area contributed by atoms with E-state index >= 15 is 0 Å². The lowest BCUT2D eigenvalue weighted by Crippen LogP contribution is -2.47. The fourth-order valence-electron chi connectivity index (χ4n) is 3.94. The van der Waals surface area contributed by atoms with Gasteiger partial charge in [0.05, 0.1) is 17.3 Å². The zero-order valence-electron chi connectivity index (χ0n) is 17.3. The lowest BCUT2D eigenvalue weighted by Gasteiger charge is -2.34. The molecule has 1 atom stereocenters. The third-order valence-electron chi connectivity index (χ3n) is 5.58. The lowest BCUT2D eigenvalue weighted by atomic mass is 10.1. The van der Waals surface area contributed by atoms with Crippen molar-refractivity contribution in [2.75, 3.05) is 57.1 Å². The molecule has 0 aliphatic carbocycles. The van der Waals surface area contributed by atoms with Gasteiger partial charge in [-0.05, 0) is 41.5 Å². The number of hydrogen-bond donors (Lipinski definition) is 3.